The standard InChI is InChI=1S/C18H15N.4C17H14N2/c1-14-12-17(15-8-4-2-5-9-15)19-18(13-14)16-10-6-3-7-11-16;1-13-11-16(14-7-3-2-4-8-14)19-17(12-13)15-9-5-6-10-18-15;1-13-10-16(14-6-3-2-4-7-14)11-17(19-13)15-8-5-9-18-12-15;1-13-10-16(14-6-3-2-4-7-14)19-17(11-13)15-8-5-9-18-12-15;1-13-11-16(14-5-3-2-4-6-14)12-17(19-13)15-7-9-18-10-8-15/h2-13H,1H3;4*2-12H,1H3. The molecule has 0 saturated carbocycles. The average molecular weight is 1230 g/mol. The first-order valence-electron chi connectivity index (χ1n) is 31.5. The largest absolute Gasteiger partial charge is 0.265 e. The van der Waals surface area contributed by atoms with Crippen molar-refractivity contribution in [2.75, 3.05) is 0 Å². The maximum absolute atomic E-state index is 4.77. The number of aryl methyl sites for hydroxylation is 5. The summed E-state index contributed by atoms with van der Waals surface area (Å²) in [5.74, 6) is 0. The zero-order chi connectivity index (χ0) is 65.4. The van der Waals surface area contributed by atoms with E-state index >= 15 is 0 Å². The summed E-state index contributed by atoms with van der Waals surface area (Å²) in [5.41, 5.74) is 27.0. The summed E-state index contributed by atoms with van der Waals surface area (Å²) < 4.78 is 0. The van der Waals surface area contributed by atoms with Gasteiger partial charge in [-0.1, -0.05) is 188 Å². The highest BCUT2D eigenvalue weighted by Crippen LogP contribution is 2.30. The minimum absolute atomic E-state index is 0.906. The molecule has 0 bridgehead atoms. The number of hydrogen-bond acceptors (Lipinski definition) is 9. The lowest BCUT2D eigenvalue weighted by Crippen LogP contribution is -1.91. The van der Waals surface area contributed by atoms with Crippen LogP contribution in [0.5, 0.6) is 0 Å². The summed E-state index contributed by atoms with van der Waals surface area (Å²) in [6.45, 7) is 10.3. The van der Waals surface area contributed by atoms with Gasteiger partial charge in [-0.3, -0.25) is 29.9 Å². The molecule has 9 nitrogen and oxygen atoms in total. The molecule has 15 rings (SSSR count). The Morgan fingerprint density at radius 3 is 0.821 bits per heavy atom. The molecule has 9 heterocycles. The topological polar surface area (TPSA) is 116 Å². The summed E-state index contributed by atoms with van der Waals surface area (Å²) in [5, 5.41) is 0. The predicted octanol–water partition coefficient (Wildman–Crippen LogP) is 21.2. The van der Waals surface area contributed by atoms with E-state index in [1.54, 1.807) is 31.0 Å². The number of pyridine rings is 9. The van der Waals surface area contributed by atoms with E-state index in [9.17, 15) is 0 Å². The van der Waals surface area contributed by atoms with Crippen LogP contribution in [0.1, 0.15) is 28.1 Å². The van der Waals surface area contributed by atoms with Crippen LogP contribution < -0.4 is 0 Å². The second kappa shape index (κ2) is 32.6. The van der Waals surface area contributed by atoms with E-state index in [1.165, 1.54) is 38.9 Å². The van der Waals surface area contributed by atoms with Crippen molar-refractivity contribution in [3.8, 4) is 112 Å². The fourth-order valence-electron chi connectivity index (χ4n) is 10.6. The maximum Gasteiger partial charge on any atom is 0.0896 e. The van der Waals surface area contributed by atoms with Crippen LogP contribution in [0.15, 0.2) is 341 Å². The van der Waals surface area contributed by atoms with Gasteiger partial charge in [0.2, 0.25) is 0 Å². The van der Waals surface area contributed by atoms with Crippen LogP contribution >= 0.6 is 0 Å². The van der Waals surface area contributed by atoms with Crippen LogP contribution in [-0.4, -0.2) is 44.9 Å². The molecule has 95 heavy (non-hydrogen) atoms. The second-order valence-corrected chi connectivity index (χ2v) is 22.6. The molecule has 460 valence electrons. The van der Waals surface area contributed by atoms with Crippen LogP contribution in [0, 0.1) is 34.6 Å². The minimum Gasteiger partial charge on any atom is -0.265 e. The summed E-state index contributed by atoms with van der Waals surface area (Å²) in [6, 6.07) is 101. The Hall–Kier alpha value is -12.3. The van der Waals surface area contributed by atoms with Gasteiger partial charge in [-0.15, -0.1) is 0 Å². The molecule has 9 aromatic heterocycles. The van der Waals surface area contributed by atoms with Gasteiger partial charge in [0.15, 0.2) is 0 Å². The lowest BCUT2D eigenvalue weighted by atomic mass is 10.0. The van der Waals surface area contributed by atoms with Crippen LogP contribution in [0.4, 0.5) is 0 Å². The third-order valence-corrected chi connectivity index (χ3v) is 15.1. The summed E-state index contributed by atoms with van der Waals surface area (Å²) in [7, 11) is 0. The third kappa shape index (κ3) is 18.4. The highest BCUT2D eigenvalue weighted by atomic mass is 14.8. The lowest BCUT2D eigenvalue weighted by Gasteiger charge is -2.07. The van der Waals surface area contributed by atoms with E-state index < -0.39 is 0 Å². The van der Waals surface area contributed by atoms with Crippen molar-refractivity contribution < 1.29 is 0 Å². The van der Waals surface area contributed by atoms with E-state index in [1.807, 2.05) is 166 Å². The SMILES string of the molecule is Cc1cc(-c2ccccc2)cc(-c2cccnc2)n1.Cc1cc(-c2ccccc2)cc(-c2ccncc2)n1.Cc1cc(-c2ccccc2)nc(-c2ccccc2)c1.Cc1cc(-c2ccccc2)nc(-c2ccccn2)c1.Cc1cc(-c2ccccc2)nc(-c2cccnc2)c1. The quantitative estimate of drug-likeness (QED) is 0.132. The predicted molar refractivity (Wildman–Crippen MR) is 390 cm³/mol. The smallest absolute Gasteiger partial charge is 0.0896 e. The molecule has 0 aliphatic carbocycles. The van der Waals surface area contributed by atoms with E-state index in [4.69, 9.17) is 15.0 Å². The van der Waals surface area contributed by atoms with Crippen molar-refractivity contribution in [2.24, 2.45) is 0 Å². The molecule has 0 radical (unpaired) electrons. The van der Waals surface area contributed by atoms with Gasteiger partial charge in [-0.2, -0.15) is 0 Å². The Balaban J connectivity index is 0.000000121. The molecule has 0 aliphatic heterocycles. The van der Waals surface area contributed by atoms with Crippen molar-refractivity contribution in [2.45, 2.75) is 34.6 Å². The van der Waals surface area contributed by atoms with Crippen molar-refractivity contribution >= 4 is 0 Å². The number of aromatic nitrogens is 9. The lowest BCUT2D eigenvalue weighted by molar-refractivity contribution is 1.20. The van der Waals surface area contributed by atoms with Gasteiger partial charge in [-0.25, -0.2) is 15.0 Å². The molecule has 6 aromatic carbocycles. The number of rotatable bonds is 10. The van der Waals surface area contributed by atoms with Gasteiger partial charge in [0.1, 0.15) is 0 Å². The van der Waals surface area contributed by atoms with E-state index in [0.29, 0.717) is 0 Å². The van der Waals surface area contributed by atoms with Crippen molar-refractivity contribution in [1.29, 1.82) is 0 Å². The molecular formula is C86H71N9. The maximum atomic E-state index is 4.77. The van der Waals surface area contributed by atoms with Crippen LogP contribution in [0.3, 0.4) is 0 Å². The normalized spacial score (nSPS) is 10.4. The van der Waals surface area contributed by atoms with E-state index in [2.05, 4.69) is 208 Å². The van der Waals surface area contributed by atoms with Gasteiger partial charge in [0.05, 0.1) is 51.2 Å². The fourth-order valence-corrected chi connectivity index (χ4v) is 10.6. The zero-order valence-electron chi connectivity index (χ0n) is 53.9. The Morgan fingerprint density at radius 2 is 0.474 bits per heavy atom. The summed E-state index contributed by atoms with van der Waals surface area (Å²) in [4.78, 5) is 40.1. The third-order valence-electron chi connectivity index (χ3n) is 15.1. The molecule has 9 heteroatoms. The molecule has 0 fully saturated rings. The van der Waals surface area contributed by atoms with Crippen molar-refractivity contribution in [3.63, 3.8) is 0 Å². The fraction of sp³-hybridized carbons (Fsp3) is 0.0581. The van der Waals surface area contributed by atoms with Crippen LogP contribution in [0.25, 0.3) is 112 Å². The molecule has 0 spiro atoms. The summed E-state index contributed by atoms with van der Waals surface area (Å²) >= 11 is 0. The van der Waals surface area contributed by atoms with Crippen molar-refractivity contribution in [1.82, 2.24) is 44.9 Å². The Bertz CT molecular complexity index is 3810. The minimum atomic E-state index is 0.906. The molecular weight excluding hydrogens is 1160 g/mol. The monoisotopic (exact) mass is 1230 g/mol. The highest BCUT2D eigenvalue weighted by molar-refractivity contribution is 5.74. The number of hydrogen-bond donors (Lipinski definition) is 0. The second-order valence-electron chi connectivity index (χ2n) is 22.6. The van der Waals surface area contributed by atoms with Gasteiger partial charge in [0.25, 0.3) is 0 Å². The molecule has 0 N–H and O–H groups in total. The van der Waals surface area contributed by atoms with Gasteiger partial charge < -0.3 is 0 Å². The molecule has 0 unspecified atom stereocenters. The van der Waals surface area contributed by atoms with Crippen molar-refractivity contribution in [3.05, 3.63) is 369 Å². The first kappa shape index (κ1) is 64.2. The molecule has 0 saturated heterocycles. The molecule has 0 amide bonds. The highest BCUT2D eigenvalue weighted by Gasteiger charge is 2.10. The molecule has 0 atom stereocenters. The Kier molecular flexibility index (Phi) is 22.0. The number of nitrogens with zero attached hydrogens (tertiary/aromatic N) is 9. The first-order valence-corrected chi connectivity index (χ1v) is 31.5. The zero-order valence-corrected chi connectivity index (χ0v) is 53.9. The van der Waals surface area contributed by atoms with E-state index in [0.717, 1.165) is 102 Å². The van der Waals surface area contributed by atoms with Crippen LogP contribution in [-0.2, 0) is 0 Å². The first-order chi connectivity index (χ1) is 46.6. The number of benzene rings is 6. The van der Waals surface area contributed by atoms with Gasteiger partial charge in [-0.05, 0) is 183 Å². The van der Waals surface area contributed by atoms with Crippen LogP contribution in [0.2, 0.25) is 0 Å². The van der Waals surface area contributed by atoms with Gasteiger partial charge >= 0.3 is 0 Å². The Morgan fingerprint density at radius 1 is 0.179 bits per heavy atom. The molecule has 0 aliphatic rings. The molecule has 15 aromatic rings. The Labute approximate surface area is 557 Å². The van der Waals surface area contributed by atoms with Gasteiger partial charge in [0, 0.05) is 93.7 Å². The van der Waals surface area contributed by atoms with E-state index in [-0.39, 0.29) is 0 Å². The summed E-state index contributed by atoms with van der Waals surface area (Å²) in [6.07, 6.45) is 12.6. The average Bonchev–Trinajstić information content (AvgIpc) is 1.37.